The molecule has 0 saturated carbocycles. The number of para-hydroxylation sites is 1. The van der Waals surface area contributed by atoms with Gasteiger partial charge in [-0.2, -0.15) is 26.3 Å². The predicted octanol–water partition coefficient (Wildman–Crippen LogP) is 4.15. The summed E-state index contributed by atoms with van der Waals surface area (Å²) in [6, 6.07) is 3.26. The van der Waals surface area contributed by atoms with Gasteiger partial charge in [0.05, 0.1) is 22.8 Å². The van der Waals surface area contributed by atoms with E-state index in [9.17, 15) is 36.2 Å². The second kappa shape index (κ2) is 7.31. The average molecular weight is 432 g/mol. The van der Waals surface area contributed by atoms with Crippen LogP contribution in [0.4, 0.5) is 26.3 Å². The average Bonchev–Trinajstić information content (AvgIpc) is 2.99. The summed E-state index contributed by atoms with van der Waals surface area (Å²) in [6.45, 7) is 3.21. The van der Waals surface area contributed by atoms with Crippen molar-refractivity contribution < 1.29 is 41.4 Å². The van der Waals surface area contributed by atoms with Gasteiger partial charge < -0.3 is 15.1 Å². The molecule has 0 fully saturated rings. The number of aromatic nitrogens is 1. The van der Waals surface area contributed by atoms with E-state index in [0.717, 1.165) is 12.1 Å². The number of aliphatic hydroxyl groups is 1. The number of fused-ring (bicyclic) bond motifs is 1. The molecular formula is C19H14F6N2O3. The van der Waals surface area contributed by atoms with Gasteiger partial charge in [-0.05, 0) is 23.3 Å². The molecule has 1 aliphatic rings. The summed E-state index contributed by atoms with van der Waals surface area (Å²) in [6.07, 6.45) is -10.5. The van der Waals surface area contributed by atoms with Gasteiger partial charge in [0.2, 0.25) is 0 Å². The highest BCUT2D eigenvalue weighted by atomic mass is 19.4. The second-order valence-electron chi connectivity index (χ2n) is 6.69. The number of β-amino-alcohol motifs (C(OH)–C–C–N with tert-alkyl or cyclic N) is 1. The minimum Gasteiger partial charge on any atom is -0.478 e. The van der Waals surface area contributed by atoms with Gasteiger partial charge in [-0.1, -0.05) is 18.7 Å². The summed E-state index contributed by atoms with van der Waals surface area (Å²) >= 11 is 0. The Hall–Kier alpha value is -3.08. The molecule has 0 spiro atoms. The van der Waals surface area contributed by atoms with Crippen LogP contribution in [0.25, 0.3) is 10.9 Å². The minimum atomic E-state index is -5.04. The van der Waals surface area contributed by atoms with Crippen LogP contribution in [0.1, 0.15) is 22.9 Å². The van der Waals surface area contributed by atoms with Crippen LogP contribution >= 0.6 is 0 Å². The number of nitrogens with zero attached hydrogens (tertiary/aromatic N) is 2. The molecule has 1 atom stereocenters. The molecule has 0 amide bonds. The Morgan fingerprint density at radius 1 is 1.20 bits per heavy atom. The molecule has 0 bridgehead atoms. The largest absolute Gasteiger partial charge is 0.478 e. The number of halogens is 6. The molecule has 1 aliphatic heterocycles. The number of hydrogen-bond acceptors (Lipinski definition) is 4. The maximum Gasteiger partial charge on any atom is 0.433 e. The van der Waals surface area contributed by atoms with Crippen LogP contribution in [-0.2, 0) is 17.1 Å². The Morgan fingerprint density at radius 2 is 1.87 bits per heavy atom. The topological polar surface area (TPSA) is 73.7 Å². The van der Waals surface area contributed by atoms with Crippen molar-refractivity contribution in [1.82, 2.24) is 9.88 Å². The quantitative estimate of drug-likeness (QED) is 0.711. The summed E-state index contributed by atoms with van der Waals surface area (Å²) in [5.41, 5.74) is -4.17. The van der Waals surface area contributed by atoms with Crippen molar-refractivity contribution in [2.75, 3.05) is 13.1 Å². The van der Waals surface area contributed by atoms with Crippen molar-refractivity contribution in [2.24, 2.45) is 0 Å². The van der Waals surface area contributed by atoms with E-state index in [1.165, 1.54) is 11.1 Å². The van der Waals surface area contributed by atoms with E-state index < -0.39 is 46.8 Å². The summed E-state index contributed by atoms with van der Waals surface area (Å²) in [5.74, 6) is -1.26. The van der Waals surface area contributed by atoms with Crippen LogP contribution in [0.5, 0.6) is 0 Å². The lowest BCUT2D eigenvalue weighted by atomic mass is 9.99. The first-order valence-electron chi connectivity index (χ1n) is 8.42. The van der Waals surface area contributed by atoms with Gasteiger partial charge in [0.25, 0.3) is 0 Å². The Balaban J connectivity index is 2.10. The second-order valence-corrected chi connectivity index (χ2v) is 6.69. The van der Waals surface area contributed by atoms with E-state index in [0.29, 0.717) is 12.1 Å². The molecule has 2 N–H and O–H groups in total. The maximum absolute atomic E-state index is 13.3. The summed E-state index contributed by atoms with van der Waals surface area (Å²) in [7, 11) is 0. The molecule has 0 aliphatic carbocycles. The minimum absolute atomic E-state index is 0.00163. The third-order valence-electron chi connectivity index (χ3n) is 4.55. The highest BCUT2D eigenvalue weighted by Crippen LogP contribution is 2.39. The highest BCUT2D eigenvalue weighted by molar-refractivity contribution is 5.92. The Kier molecular flexibility index (Phi) is 5.27. The van der Waals surface area contributed by atoms with Crippen LogP contribution in [0.2, 0.25) is 0 Å². The van der Waals surface area contributed by atoms with Crippen molar-refractivity contribution in [1.29, 1.82) is 0 Å². The number of alkyl halides is 6. The Bertz CT molecular complexity index is 1060. The molecule has 1 aromatic heterocycles. The number of aliphatic carboxylic acids is 1. The van der Waals surface area contributed by atoms with Crippen LogP contribution in [0.3, 0.4) is 0 Å². The lowest BCUT2D eigenvalue weighted by molar-refractivity contribution is -0.142. The van der Waals surface area contributed by atoms with Crippen LogP contribution in [0, 0.1) is 0 Å². The van der Waals surface area contributed by atoms with Crippen molar-refractivity contribution in [3.8, 4) is 0 Å². The molecule has 3 rings (SSSR count). The Morgan fingerprint density at radius 3 is 2.40 bits per heavy atom. The van der Waals surface area contributed by atoms with Crippen molar-refractivity contribution in [2.45, 2.75) is 18.5 Å². The molecule has 5 nitrogen and oxygen atoms in total. The molecule has 2 aromatic rings. The fraction of sp³-hybridized carbons (Fsp3) is 0.263. The van der Waals surface area contributed by atoms with Gasteiger partial charge in [-0.15, -0.1) is 0 Å². The van der Waals surface area contributed by atoms with Crippen molar-refractivity contribution >= 4 is 16.9 Å². The van der Waals surface area contributed by atoms with E-state index in [1.807, 2.05) is 0 Å². The van der Waals surface area contributed by atoms with E-state index in [2.05, 4.69) is 11.6 Å². The maximum atomic E-state index is 13.3. The number of pyridine rings is 1. The van der Waals surface area contributed by atoms with E-state index in [-0.39, 0.29) is 29.6 Å². The monoisotopic (exact) mass is 432 g/mol. The molecule has 2 heterocycles. The van der Waals surface area contributed by atoms with Gasteiger partial charge in [0, 0.05) is 24.7 Å². The number of aliphatic hydroxyl groups excluding tert-OH is 1. The number of benzene rings is 1. The number of carboxylic acids is 1. The number of carboxylic acid groups (broad SMARTS) is 1. The lowest BCUT2D eigenvalue weighted by Crippen LogP contribution is -2.23. The highest BCUT2D eigenvalue weighted by Gasteiger charge is 2.38. The number of rotatable bonds is 4. The first kappa shape index (κ1) is 21.6. The van der Waals surface area contributed by atoms with Gasteiger partial charge in [-0.3, -0.25) is 0 Å². The van der Waals surface area contributed by atoms with E-state index in [4.69, 9.17) is 5.11 Å². The zero-order chi connectivity index (χ0) is 22.4. The number of hydrogen-bond donors (Lipinski definition) is 2. The molecule has 1 aromatic carbocycles. The van der Waals surface area contributed by atoms with E-state index in [1.54, 1.807) is 0 Å². The summed E-state index contributed by atoms with van der Waals surface area (Å²) in [5, 5.41) is 19.3. The first-order valence-corrected chi connectivity index (χ1v) is 8.42. The van der Waals surface area contributed by atoms with Gasteiger partial charge in [-0.25, -0.2) is 9.78 Å². The third-order valence-corrected chi connectivity index (χ3v) is 4.55. The van der Waals surface area contributed by atoms with E-state index >= 15 is 0 Å². The molecule has 11 heteroatoms. The third kappa shape index (κ3) is 4.11. The van der Waals surface area contributed by atoms with Crippen LogP contribution in [-0.4, -0.2) is 39.2 Å². The van der Waals surface area contributed by atoms with Crippen molar-refractivity contribution in [3.05, 3.63) is 65.0 Å². The number of carbonyl (C=O) groups is 1. The summed E-state index contributed by atoms with van der Waals surface area (Å²) in [4.78, 5) is 15.6. The molecule has 0 radical (unpaired) electrons. The van der Waals surface area contributed by atoms with Gasteiger partial charge in [0.15, 0.2) is 0 Å². The first-order chi connectivity index (χ1) is 13.8. The molecule has 30 heavy (non-hydrogen) atoms. The lowest BCUT2D eigenvalue weighted by Gasteiger charge is -2.22. The van der Waals surface area contributed by atoms with Crippen LogP contribution in [0.15, 0.2) is 48.2 Å². The predicted molar refractivity (Wildman–Crippen MR) is 93.1 cm³/mol. The van der Waals surface area contributed by atoms with Crippen LogP contribution < -0.4 is 0 Å². The normalized spacial score (nSPS) is 16.2. The fourth-order valence-electron chi connectivity index (χ4n) is 3.22. The zero-order valence-electron chi connectivity index (χ0n) is 15.1. The summed E-state index contributed by atoms with van der Waals surface area (Å²) < 4.78 is 79.7. The Labute approximate surface area is 165 Å². The van der Waals surface area contributed by atoms with Gasteiger partial charge in [0.1, 0.15) is 5.69 Å². The van der Waals surface area contributed by atoms with Gasteiger partial charge >= 0.3 is 18.3 Å². The fourth-order valence-corrected chi connectivity index (χ4v) is 3.22. The molecule has 160 valence electrons. The zero-order valence-corrected chi connectivity index (χ0v) is 15.1. The molecule has 0 saturated heterocycles. The van der Waals surface area contributed by atoms with Crippen molar-refractivity contribution in [3.63, 3.8) is 0 Å². The molecule has 1 unspecified atom stereocenters. The molecular weight excluding hydrogens is 418 g/mol. The SMILES string of the molecule is C=C1CN(CC(O)c2cc(C(F)(F)F)nc3c(C(F)(F)F)cccc23)C=C1C(=O)O. The standard InChI is InChI=1S/C19H14F6N2O3/c1-9-6-27(7-12(9)17(29)30)8-14(28)11-5-15(19(23,24)25)26-16-10(11)3-2-4-13(16)18(20,21)22/h2-5,7,14,28H,1,6,8H2,(H,29,30). The smallest absolute Gasteiger partial charge is 0.433 e.